The zero-order valence-corrected chi connectivity index (χ0v) is 13.4. The standard InChI is InChI=1S/C16H21N3O4/c1-22-13-7-6-12(10-14(13)23-2)11-17-18-15(20)16(21)19-8-4-3-5-9-19/h6-7,10-11H,3-5,8-9H2,1-2H3,(H,18,20)/b17-11-. The molecular weight excluding hydrogens is 298 g/mol. The van der Waals surface area contributed by atoms with Gasteiger partial charge in [0.2, 0.25) is 0 Å². The molecule has 2 amide bonds. The molecule has 7 heteroatoms. The second kappa shape index (κ2) is 8.17. The van der Waals surface area contributed by atoms with Gasteiger partial charge in [0, 0.05) is 13.1 Å². The summed E-state index contributed by atoms with van der Waals surface area (Å²) >= 11 is 0. The average molecular weight is 319 g/mol. The highest BCUT2D eigenvalue weighted by atomic mass is 16.5. The number of rotatable bonds is 4. The van der Waals surface area contributed by atoms with Gasteiger partial charge in [0.25, 0.3) is 0 Å². The molecule has 0 aromatic heterocycles. The Morgan fingerprint density at radius 1 is 1.13 bits per heavy atom. The number of amides is 2. The lowest BCUT2D eigenvalue weighted by Crippen LogP contribution is -2.43. The Hall–Kier alpha value is -2.57. The molecule has 0 atom stereocenters. The zero-order chi connectivity index (χ0) is 16.7. The van der Waals surface area contributed by atoms with Gasteiger partial charge >= 0.3 is 11.8 Å². The third-order valence-electron chi connectivity index (χ3n) is 3.62. The van der Waals surface area contributed by atoms with Gasteiger partial charge in [0.15, 0.2) is 11.5 Å². The fourth-order valence-corrected chi connectivity index (χ4v) is 2.39. The van der Waals surface area contributed by atoms with Gasteiger partial charge in [-0.2, -0.15) is 5.10 Å². The Kier molecular flexibility index (Phi) is 5.96. The van der Waals surface area contributed by atoms with Gasteiger partial charge in [-0.05, 0) is 43.0 Å². The maximum atomic E-state index is 11.9. The van der Waals surface area contributed by atoms with E-state index in [9.17, 15) is 9.59 Å². The Balaban J connectivity index is 1.92. The molecule has 23 heavy (non-hydrogen) atoms. The molecule has 0 unspecified atom stereocenters. The van der Waals surface area contributed by atoms with Gasteiger partial charge in [-0.3, -0.25) is 9.59 Å². The van der Waals surface area contributed by atoms with Crippen LogP contribution in [0.15, 0.2) is 23.3 Å². The number of benzene rings is 1. The molecule has 0 aliphatic carbocycles. The van der Waals surface area contributed by atoms with Crippen LogP contribution in [-0.4, -0.2) is 50.2 Å². The summed E-state index contributed by atoms with van der Waals surface area (Å²) in [4.78, 5) is 25.3. The summed E-state index contributed by atoms with van der Waals surface area (Å²) in [5.74, 6) is -0.0843. The summed E-state index contributed by atoms with van der Waals surface area (Å²) < 4.78 is 10.3. The van der Waals surface area contributed by atoms with Crippen molar-refractivity contribution in [2.24, 2.45) is 5.10 Å². The first-order chi connectivity index (χ1) is 11.2. The fourth-order valence-electron chi connectivity index (χ4n) is 2.39. The van der Waals surface area contributed by atoms with Crippen molar-refractivity contribution in [1.29, 1.82) is 0 Å². The molecular formula is C16H21N3O4. The van der Waals surface area contributed by atoms with Crippen LogP contribution in [-0.2, 0) is 9.59 Å². The number of methoxy groups -OCH3 is 2. The number of carbonyl (C=O) groups is 2. The minimum Gasteiger partial charge on any atom is -0.493 e. The van der Waals surface area contributed by atoms with Crippen LogP contribution >= 0.6 is 0 Å². The lowest BCUT2D eigenvalue weighted by atomic mass is 10.1. The Bertz CT molecular complexity index is 595. The van der Waals surface area contributed by atoms with Crippen LogP contribution in [0.3, 0.4) is 0 Å². The number of likely N-dealkylation sites (tertiary alicyclic amines) is 1. The van der Waals surface area contributed by atoms with Crippen LogP contribution in [0.2, 0.25) is 0 Å². The van der Waals surface area contributed by atoms with Crippen LogP contribution in [0, 0.1) is 0 Å². The van der Waals surface area contributed by atoms with Gasteiger partial charge in [0.05, 0.1) is 20.4 Å². The normalized spacial score (nSPS) is 14.6. The number of carbonyl (C=O) groups excluding carboxylic acids is 2. The van der Waals surface area contributed by atoms with Crippen molar-refractivity contribution in [2.45, 2.75) is 19.3 Å². The molecule has 1 aromatic carbocycles. The van der Waals surface area contributed by atoms with E-state index in [1.54, 1.807) is 30.2 Å². The van der Waals surface area contributed by atoms with Crippen LogP contribution in [0.1, 0.15) is 24.8 Å². The molecule has 1 aliphatic rings. The SMILES string of the molecule is COc1ccc(/C=N\NC(=O)C(=O)N2CCCCC2)cc1OC. The monoisotopic (exact) mass is 319 g/mol. The number of hydrogen-bond acceptors (Lipinski definition) is 5. The van der Waals surface area contributed by atoms with Crippen LogP contribution in [0.5, 0.6) is 11.5 Å². The highest BCUT2D eigenvalue weighted by Gasteiger charge is 2.22. The minimum absolute atomic E-state index is 0.533. The average Bonchev–Trinajstić information content (AvgIpc) is 2.61. The van der Waals surface area contributed by atoms with E-state index in [0.29, 0.717) is 30.2 Å². The van der Waals surface area contributed by atoms with Gasteiger partial charge in [0.1, 0.15) is 0 Å². The molecule has 1 saturated heterocycles. The maximum absolute atomic E-state index is 11.9. The highest BCUT2D eigenvalue weighted by molar-refractivity contribution is 6.35. The summed E-state index contributed by atoms with van der Waals surface area (Å²) in [7, 11) is 3.09. The van der Waals surface area contributed by atoms with E-state index in [1.807, 2.05) is 0 Å². The topological polar surface area (TPSA) is 80.2 Å². The number of hydrogen-bond donors (Lipinski definition) is 1. The summed E-state index contributed by atoms with van der Waals surface area (Å²) in [6.45, 7) is 1.26. The van der Waals surface area contributed by atoms with Crippen molar-refractivity contribution in [2.75, 3.05) is 27.3 Å². The van der Waals surface area contributed by atoms with Gasteiger partial charge in [-0.1, -0.05) is 0 Å². The van der Waals surface area contributed by atoms with Gasteiger partial charge in [-0.15, -0.1) is 0 Å². The number of nitrogens with zero attached hydrogens (tertiary/aromatic N) is 2. The van der Waals surface area contributed by atoms with E-state index in [1.165, 1.54) is 13.3 Å². The first-order valence-electron chi connectivity index (χ1n) is 7.50. The van der Waals surface area contributed by atoms with Crippen molar-refractivity contribution in [3.8, 4) is 11.5 Å². The molecule has 2 rings (SSSR count). The molecule has 1 heterocycles. The molecule has 1 N–H and O–H groups in total. The Morgan fingerprint density at radius 2 is 1.83 bits per heavy atom. The van der Waals surface area contributed by atoms with Gasteiger partial charge < -0.3 is 14.4 Å². The first-order valence-corrected chi connectivity index (χ1v) is 7.50. The van der Waals surface area contributed by atoms with E-state index < -0.39 is 11.8 Å². The second-order valence-electron chi connectivity index (χ2n) is 5.17. The van der Waals surface area contributed by atoms with Crippen LogP contribution in [0.25, 0.3) is 0 Å². The molecule has 0 saturated carbocycles. The summed E-state index contributed by atoms with van der Waals surface area (Å²) in [5.41, 5.74) is 2.98. The number of piperidine rings is 1. The van der Waals surface area contributed by atoms with Gasteiger partial charge in [-0.25, -0.2) is 5.43 Å². The van der Waals surface area contributed by atoms with E-state index in [0.717, 1.165) is 19.3 Å². The Labute approximate surface area is 135 Å². The lowest BCUT2D eigenvalue weighted by Gasteiger charge is -2.25. The van der Waals surface area contributed by atoms with E-state index >= 15 is 0 Å². The highest BCUT2D eigenvalue weighted by Crippen LogP contribution is 2.26. The van der Waals surface area contributed by atoms with Crippen molar-refractivity contribution in [3.05, 3.63) is 23.8 Å². The molecule has 0 bridgehead atoms. The van der Waals surface area contributed by atoms with E-state index in [-0.39, 0.29) is 0 Å². The summed E-state index contributed by atoms with van der Waals surface area (Å²) in [6.07, 6.45) is 4.42. The first kappa shape index (κ1) is 16.8. The quantitative estimate of drug-likeness (QED) is 0.513. The summed E-state index contributed by atoms with van der Waals surface area (Å²) in [5, 5.41) is 3.82. The van der Waals surface area contributed by atoms with Crippen molar-refractivity contribution in [1.82, 2.24) is 10.3 Å². The van der Waals surface area contributed by atoms with E-state index in [4.69, 9.17) is 9.47 Å². The predicted molar refractivity (Wildman–Crippen MR) is 85.7 cm³/mol. The zero-order valence-electron chi connectivity index (χ0n) is 13.4. The summed E-state index contributed by atoms with van der Waals surface area (Å²) in [6, 6.07) is 5.23. The molecule has 1 aromatic rings. The largest absolute Gasteiger partial charge is 0.493 e. The lowest BCUT2D eigenvalue weighted by molar-refractivity contribution is -0.146. The maximum Gasteiger partial charge on any atom is 0.329 e. The van der Waals surface area contributed by atoms with Crippen LogP contribution < -0.4 is 14.9 Å². The Morgan fingerprint density at radius 3 is 2.48 bits per heavy atom. The number of hydrazone groups is 1. The fraction of sp³-hybridized carbons (Fsp3) is 0.438. The third kappa shape index (κ3) is 4.45. The van der Waals surface area contributed by atoms with Crippen LogP contribution in [0.4, 0.5) is 0 Å². The third-order valence-corrected chi connectivity index (χ3v) is 3.62. The second-order valence-corrected chi connectivity index (χ2v) is 5.17. The molecule has 7 nitrogen and oxygen atoms in total. The molecule has 0 radical (unpaired) electrons. The van der Waals surface area contributed by atoms with Crippen molar-refractivity contribution in [3.63, 3.8) is 0 Å². The predicted octanol–water partition coefficient (Wildman–Crippen LogP) is 1.17. The van der Waals surface area contributed by atoms with E-state index in [2.05, 4.69) is 10.5 Å². The van der Waals surface area contributed by atoms with Crippen molar-refractivity contribution >= 4 is 18.0 Å². The molecule has 1 fully saturated rings. The number of ether oxygens (including phenoxy) is 2. The molecule has 124 valence electrons. The number of nitrogens with one attached hydrogen (secondary N) is 1. The van der Waals surface area contributed by atoms with Crippen molar-refractivity contribution < 1.29 is 19.1 Å². The smallest absolute Gasteiger partial charge is 0.329 e. The molecule has 0 spiro atoms. The minimum atomic E-state index is -0.719. The molecule has 1 aliphatic heterocycles.